The number of carbonyl (C=O) groups excluding carboxylic acids is 2. The average molecular weight is 490 g/mol. The minimum Gasteiger partial charge on any atom is -0.496 e. The lowest BCUT2D eigenvalue weighted by Gasteiger charge is -2.33. The van der Waals surface area contributed by atoms with Crippen LogP contribution in [0.1, 0.15) is 75.6 Å². The summed E-state index contributed by atoms with van der Waals surface area (Å²) in [6.45, 7) is 7.81. The fourth-order valence-corrected chi connectivity index (χ4v) is 5.78. The molecule has 6 nitrogen and oxygen atoms in total. The summed E-state index contributed by atoms with van der Waals surface area (Å²) in [5, 5.41) is 3.69. The first-order valence-corrected chi connectivity index (χ1v) is 13.3. The quantitative estimate of drug-likeness (QED) is 0.608. The molecule has 5 rings (SSSR count). The van der Waals surface area contributed by atoms with Gasteiger partial charge in [-0.2, -0.15) is 0 Å². The Hall–Kier alpha value is -2.86. The molecule has 36 heavy (non-hydrogen) atoms. The molecule has 0 bridgehead atoms. The van der Waals surface area contributed by atoms with E-state index in [2.05, 4.69) is 50.4 Å². The van der Waals surface area contributed by atoms with Gasteiger partial charge in [0.15, 0.2) is 0 Å². The minimum absolute atomic E-state index is 0.0177. The van der Waals surface area contributed by atoms with Crippen molar-refractivity contribution in [1.82, 2.24) is 15.1 Å². The Kier molecular flexibility index (Phi) is 6.82. The number of amides is 2. The van der Waals surface area contributed by atoms with Gasteiger partial charge in [0.25, 0.3) is 0 Å². The van der Waals surface area contributed by atoms with Crippen LogP contribution in [0, 0.1) is 5.92 Å². The highest BCUT2D eigenvalue weighted by molar-refractivity contribution is 5.90. The molecule has 3 fully saturated rings. The third kappa shape index (κ3) is 5.01. The maximum absolute atomic E-state index is 14.0. The van der Waals surface area contributed by atoms with Crippen LogP contribution in [-0.2, 0) is 21.5 Å². The number of likely N-dealkylation sites (tertiary alicyclic amines) is 2. The zero-order valence-electron chi connectivity index (χ0n) is 22.0. The second kappa shape index (κ2) is 9.89. The summed E-state index contributed by atoms with van der Waals surface area (Å²) in [4.78, 5) is 30.6. The Morgan fingerprint density at radius 1 is 1.06 bits per heavy atom. The Morgan fingerprint density at radius 3 is 2.47 bits per heavy atom. The lowest BCUT2D eigenvalue weighted by Crippen LogP contribution is -2.48. The van der Waals surface area contributed by atoms with Crippen LogP contribution in [0.4, 0.5) is 0 Å². The van der Waals surface area contributed by atoms with E-state index in [0.29, 0.717) is 25.6 Å². The van der Waals surface area contributed by atoms with E-state index in [1.165, 1.54) is 5.56 Å². The molecule has 2 saturated heterocycles. The van der Waals surface area contributed by atoms with Crippen LogP contribution in [0.25, 0.3) is 0 Å². The van der Waals surface area contributed by atoms with E-state index < -0.39 is 0 Å². The molecule has 1 aliphatic carbocycles. The lowest BCUT2D eigenvalue weighted by molar-refractivity contribution is -0.139. The van der Waals surface area contributed by atoms with E-state index in [0.717, 1.165) is 42.6 Å². The van der Waals surface area contributed by atoms with Crippen LogP contribution in [0.5, 0.6) is 5.75 Å². The molecule has 0 spiro atoms. The van der Waals surface area contributed by atoms with Crippen LogP contribution in [0.3, 0.4) is 0 Å². The second-order valence-electron chi connectivity index (χ2n) is 11.6. The summed E-state index contributed by atoms with van der Waals surface area (Å²) in [7, 11) is 1.70. The van der Waals surface area contributed by atoms with E-state index in [1.807, 2.05) is 34.1 Å². The topological polar surface area (TPSA) is 61.9 Å². The zero-order chi connectivity index (χ0) is 25.4. The summed E-state index contributed by atoms with van der Waals surface area (Å²) in [5.74, 6) is 0.836. The van der Waals surface area contributed by atoms with Crippen LogP contribution in [0.15, 0.2) is 48.5 Å². The van der Waals surface area contributed by atoms with Gasteiger partial charge in [0.1, 0.15) is 5.75 Å². The van der Waals surface area contributed by atoms with Crippen LogP contribution in [-0.4, -0.2) is 47.5 Å². The lowest BCUT2D eigenvalue weighted by atomic mass is 9.86. The largest absolute Gasteiger partial charge is 0.496 e. The molecule has 3 atom stereocenters. The Labute approximate surface area is 215 Å². The van der Waals surface area contributed by atoms with Gasteiger partial charge < -0.3 is 14.5 Å². The molecule has 1 N–H and O–H groups in total. The van der Waals surface area contributed by atoms with Crippen molar-refractivity contribution in [3.05, 3.63) is 65.2 Å². The molecule has 2 amide bonds. The molecule has 6 heteroatoms. The number of hydrogen-bond donors (Lipinski definition) is 1. The highest BCUT2D eigenvalue weighted by atomic mass is 16.5. The molecule has 1 saturated carbocycles. The van der Waals surface area contributed by atoms with Crippen LogP contribution >= 0.6 is 0 Å². The number of nitrogens with zero attached hydrogens (tertiary/aromatic N) is 2. The van der Waals surface area contributed by atoms with Gasteiger partial charge in [-0.05, 0) is 48.3 Å². The summed E-state index contributed by atoms with van der Waals surface area (Å²) >= 11 is 0. The van der Waals surface area contributed by atoms with Gasteiger partial charge in [-0.15, -0.1) is 0 Å². The summed E-state index contributed by atoms with van der Waals surface area (Å²) in [5.41, 5.74) is 3.55. The third-order valence-electron chi connectivity index (χ3n) is 7.99. The molecule has 3 unspecified atom stereocenters. The van der Waals surface area contributed by atoms with Crippen molar-refractivity contribution in [3.63, 3.8) is 0 Å². The zero-order valence-corrected chi connectivity index (χ0v) is 22.0. The van der Waals surface area contributed by atoms with Gasteiger partial charge in [-0.25, -0.2) is 0 Å². The predicted octanol–water partition coefficient (Wildman–Crippen LogP) is 4.78. The van der Waals surface area contributed by atoms with Gasteiger partial charge >= 0.3 is 0 Å². The van der Waals surface area contributed by atoms with Crippen molar-refractivity contribution in [2.24, 2.45) is 5.92 Å². The predicted molar refractivity (Wildman–Crippen MR) is 140 cm³/mol. The van der Waals surface area contributed by atoms with Gasteiger partial charge in [0, 0.05) is 31.1 Å². The number of carbonyl (C=O) groups is 2. The van der Waals surface area contributed by atoms with Gasteiger partial charge in [-0.3, -0.25) is 14.9 Å². The van der Waals surface area contributed by atoms with E-state index in [-0.39, 0.29) is 35.4 Å². The number of methoxy groups -OCH3 is 1. The van der Waals surface area contributed by atoms with Crippen molar-refractivity contribution in [2.45, 2.75) is 83.1 Å². The summed E-state index contributed by atoms with van der Waals surface area (Å²) in [6.07, 6.45) is 4.17. The maximum atomic E-state index is 14.0. The fourth-order valence-electron chi connectivity index (χ4n) is 5.78. The van der Waals surface area contributed by atoms with Crippen molar-refractivity contribution < 1.29 is 14.3 Å². The van der Waals surface area contributed by atoms with Crippen molar-refractivity contribution in [2.75, 3.05) is 13.7 Å². The molecule has 2 heterocycles. The molecule has 0 radical (unpaired) electrons. The summed E-state index contributed by atoms with van der Waals surface area (Å²) in [6, 6.07) is 17.1. The number of benzene rings is 2. The SMILES string of the molecule is COc1ccc(C(C)(C)C)cc1CNC1CCC(c2ccccc2)N1C(=O)C1CC(=O)N(C2CC2)C1. The second-order valence-corrected chi connectivity index (χ2v) is 11.6. The molecule has 2 aromatic carbocycles. The number of nitrogens with one attached hydrogen (secondary N) is 1. The van der Waals surface area contributed by atoms with Crippen molar-refractivity contribution in [1.29, 1.82) is 0 Å². The molecule has 0 aromatic heterocycles. The number of hydrogen-bond acceptors (Lipinski definition) is 4. The maximum Gasteiger partial charge on any atom is 0.229 e. The first kappa shape index (κ1) is 24.8. The van der Waals surface area contributed by atoms with Crippen molar-refractivity contribution >= 4 is 11.8 Å². The van der Waals surface area contributed by atoms with E-state index in [1.54, 1.807) is 7.11 Å². The fraction of sp³-hybridized carbons (Fsp3) is 0.533. The first-order valence-electron chi connectivity index (χ1n) is 13.3. The number of rotatable bonds is 7. The normalized spacial score (nSPS) is 24.4. The highest BCUT2D eigenvalue weighted by Gasteiger charge is 2.46. The molecular weight excluding hydrogens is 450 g/mol. The monoisotopic (exact) mass is 489 g/mol. The molecule has 3 aliphatic rings. The van der Waals surface area contributed by atoms with Gasteiger partial charge in [0.2, 0.25) is 11.8 Å². The Balaban J connectivity index is 1.37. The van der Waals surface area contributed by atoms with Crippen LogP contribution in [0.2, 0.25) is 0 Å². The van der Waals surface area contributed by atoms with Gasteiger partial charge in [0.05, 0.1) is 25.2 Å². The van der Waals surface area contributed by atoms with E-state index in [4.69, 9.17) is 4.74 Å². The summed E-state index contributed by atoms with van der Waals surface area (Å²) < 4.78 is 5.66. The molecule has 2 aliphatic heterocycles. The van der Waals surface area contributed by atoms with Gasteiger partial charge in [-0.1, -0.05) is 63.2 Å². The average Bonchev–Trinajstić information content (AvgIpc) is 3.50. The van der Waals surface area contributed by atoms with E-state index in [9.17, 15) is 9.59 Å². The van der Waals surface area contributed by atoms with Crippen molar-refractivity contribution in [3.8, 4) is 5.75 Å². The number of ether oxygens (including phenoxy) is 1. The Morgan fingerprint density at radius 2 is 1.81 bits per heavy atom. The highest BCUT2D eigenvalue weighted by Crippen LogP contribution is 2.39. The van der Waals surface area contributed by atoms with Crippen LogP contribution < -0.4 is 10.1 Å². The first-order chi connectivity index (χ1) is 17.3. The molecule has 2 aromatic rings. The van der Waals surface area contributed by atoms with E-state index >= 15 is 0 Å². The Bertz CT molecular complexity index is 1110. The third-order valence-corrected chi connectivity index (χ3v) is 7.99. The minimum atomic E-state index is -0.259. The molecule has 192 valence electrons. The standard InChI is InChI=1S/C30H39N3O3/c1-30(2,3)23-10-14-26(36-4)21(16-23)18-31-27-15-13-25(20-8-6-5-7-9-20)33(27)29(35)22-17-28(34)32(19-22)24-11-12-24/h5-10,14,16,22,24-25,27,31H,11-13,15,17-19H2,1-4H3. The molecular formula is C30H39N3O3. The smallest absolute Gasteiger partial charge is 0.229 e.